The zero-order valence-electron chi connectivity index (χ0n) is 9.91. The average molecular weight is 239 g/mol. The van der Waals surface area contributed by atoms with E-state index in [1.54, 1.807) is 0 Å². The monoisotopic (exact) mass is 238 g/mol. The first-order chi connectivity index (χ1) is 7.58. The molecule has 16 heavy (non-hydrogen) atoms. The molecule has 1 fully saturated rings. The molecule has 0 spiro atoms. The number of nitrogens with zero attached hydrogens (tertiary/aromatic N) is 1. The predicted octanol–water partition coefficient (Wildman–Crippen LogP) is 3.15. The second-order valence-electron chi connectivity index (χ2n) is 4.84. The minimum Gasteiger partial charge on any atom is -0.398 e. The van der Waals surface area contributed by atoms with Gasteiger partial charge in [-0.2, -0.15) is 0 Å². The van der Waals surface area contributed by atoms with E-state index in [0.717, 1.165) is 18.2 Å². The molecule has 0 aromatic heterocycles. The Labute approximate surface area is 102 Å². The molecule has 3 heteroatoms. The summed E-state index contributed by atoms with van der Waals surface area (Å²) in [4.78, 5) is 2.37. The van der Waals surface area contributed by atoms with Crippen LogP contribution in [0.25, 0.3) is 0 Å². The summed E-state index contributed by atoms with van der Waals surface area (Å²) in [7, 11) is 2.16. The highest BCUT2D eigenvalue weighted by Gasteiger charge is 2.30. The van der Waals surface area contributed by atoms with Crippen molar-refractivity contribution in [3.05, 3.63) is 28.8 Å². The second-order valence-corrected chi connectivity index (χ2v) is 5.27. The number of hydrogen-bond acceptors (Lipinski definition) is 2. The van der Waals surface area contributed by atoms with E-state index in [1.807, 2.05) is 18.2 Å². The molecule has 1 unspecified atom stereocenters. The molecule has 2 nitrogen and oxygen atoms in total. The maximum Gasteiger partial charge on any atom is 0.0426 e. The number of anilines is 1. The van der Waals surface area contributed by atoms with Crippen molar-refractivity contribution in [2.24, 2.45) is 5.92 Å². The van der Waals surface area contributed by atoms with Gasteiger partial charge in [0.15, 0.2) is 0 Å². The van der Waals surface area contributed by atoms with E-state index in [4.69, 9.17) is 17.3 Å². The Balaban J connectivity index is 2.02. The summed E-state index contributed by atoms with van der Waals surface area (Å²) in [6.45, 7) is 3.20. The summed E-state index contributed by atoms with van der Waals surface area (Å²) in [6, 6.07) is 6.40. The van der Waals surface area contributed by atoms with Crippen molar-refractivity contribution in [2.45, 2.75) is 32.4 Å². The number of halogens is 1. The van der Waals surface area contributed by atoms with Gasteiger partial charge in [0.1, 0.15) is 0 Å². The van der Waals surface area contributed by atoms with Gasteiger partial charge in [-0.1, -0.05) is 17.7 Å². The van der Waals surface area contributed by atoms with E-state index in [2.05, 4.69) is 18.9 Å². The molecular formula is C13H19ClN2. The van der Waals surface area contributed by atoms with Crippen molar-refractivity contribution < 1.29 is 0 Å². The summed E-state index contributed by atoms with van der Waals surface area (Å²) in [6.07, 6.45) is 2.75. The van der Waals surface area contributed by atoms with E-state index >= 15 is 0 Å². The Morgan fingerprint density at radius 2 is 2.19 bits per heavy atom. The maximum absolute atomic E-state index is 5.95. The topological polar surface area (TPSA) is 29.3 Å². The van der Waals surface area contributed by atoms with Crippen molar-refractivity contribution in [3.8, 4) is 0 Å². The fraction of sp³-hybridized carbons (Fsp3) is 0.538. The SMILES string of the molecule is CC(C1CC1)N(C)Cc1ccc(Cl)cc1N. The zero-order valence-corrected chi connectivity index (χ0v) is 10.7. The van der Waals surface area contributed by atoms with Crippen molar-refractivity contribution in [2.75, 3.05) is 12.8 Å². The Morgan fingerprint density at radius 1 is 1.50 bits per heavy atom. The van der Waals surface area contributed by atoms with Gasteiger partial charge in [0.25, 0.3) is 0 Å². The van der Waals surface area contributed by atoms with Gasteiger partial charge in [0, 0.05) is 23.3 Å². The van der Waals surface area contributed by atoms with Crippen LogP contribution in [0.15, 0.2) is 18.2 Å². The molecule has 88 valence electrons. The first kappa shape index (κ1) is 11.7. The third-order valence-corrected chi connectivity index (χ3v) is 3.76. The van der Waals surface area contributed by atoms with Crippen LogP contribution in [-0.4, -0.2) is 18.0 Å². The van der Waals surface area contributed by atoms with Crippen molar-refractivity contribution >= 4 is 17.3 Å². The van der Waals surface area contributed by atoms with Crippen LogP contribution in [0.4, 0.5) is 5.69 Å². The van der Waals surface area contributed by atoms with Gasteiger partial charge in [-0.05, 0) is 50.4 Å². The minimum absolute atomic E-state index is 0.648. The van der Waals surface area contributed by atoms with E-state index in [0.29, 0.717) is 11.1 Å². The van der Waals surface area contributed by atoms with Gasteiger partial charge < -0.3 is 5.73 Å². The predicted molar refractivity (Wildman–Crippen MR) is 69.5 cm³/mol. The smallest absolute Gasteiger partial charge is 0.0426 e. The average Bonchev–Trinajstić information content (AvgIpc) is 3.04. The molecule has 1 atom stereocenters. The Morgan fingerprint density at radius 3 is 2.75 bits per heavy atom. The molecule has 0 amide bonds. The summed E-state index contributed by atoms with van der Waals surface area (Å²) >= 11 is 5.88. The first-order valence-corrected chi connectivity index (χ1v) is 6.20. The van der Waals surface area contributed by atoms with Crippen LogP contribution in [0, 0.1) is 5.92 Å². The molecule has 0 aliphatic heterocycles. The highest BCUT2D eigenvalue weighted by atomic mass is 35.5. The van der Waals surface area contributed by atoms with E-state index in [-0.39, 0.29) is 0 Å². The van der Waals surface area contributed by atoms with Crippen LogP contribution in [0.5, 0.6) is 0 Å². The summed E-state index contributed by atoms with van der Waals surface area (Å²) in [5.41, 5.74) is 7.91. The number of nitrogens with two attached hydrogens (primary N) is 1. The molecule has 0 bridgehead atoms. The molecule has 0 radical (unpaired) electrons. The van der Waals surface area contributed by atoms with Crippen LogP contribution in [0.2, 0.25) is 5.02 Å². The van der Waals surface area contributed by atoms with Crippen molar-refractivity contribution in [1.29, 1.82) is 0 Å². The lowest BCUT2D eigenvalue weighted by Crippen LogP contribution is -2.30. The number of benzene rings is 1. The fourth-order valence-electron chi connectivity index (χ4n) is 2.06. The molecule has 1 saturated carbocycles. The van der Waals surface area contributed by atoms with Gasteiger partial charge in [-0.3, -0.25) is 4.90 Å². The highest BCUT2D eigenvalue weighted by Crippen LogP contribution is 2.35. The van der Waals surface area contributed by atoms with Crippen molar-refractivity contribution in [1.82, 2.24) is 4.90 Å². The second kappa shape index (κ2) is 4.64. The van der Waals surface area contributed by atoms with Gasteiger partial charge >= 0.3 is 0 Å². The van der Waals surface area contributed by atoms with Crippen LogP contribution in [-0.2, 0) is 6.54 Å². The van der Waals surface area contributed by atoms with E-state index in [1.165, 1.54) is 18.4 Å². The summed E-state index contributed by atoms with van der Waals surface area (Å²) in [5, 5.41) is 0.708. The van der Waals surface area contributed by atoms with Crippen LogP contribution in [0.1, 0.15) is 25.3 Å². The molecular weight excluding hydrogens is 220 g/mol. The standard InChI is InChI=1S/C13H19ClN2/c1-9(10-3-4-10)16(2)8-11-5-6-12(14)7-13(11)15/h5-7,9-10H,3-4,8,15H2,1-2H3. The lowest BCUT2D eigenvalue weighted by atomic mass is 10.1. The maximum atomic E-state index is 5.95. The molecule has 1 aromatic carbocycles. The summed E-state index contributed by atoms with van der Waals surface area (Å²) in [5.74, 6) is 0.888. The molecule has 1 aromatic rings. The lowest BCUT2D eigenvalue weighted by Gasteiger charge is -2.25. The van der Waals surface area contributed by atoms with Gasteiger partial charge in [-0.15, -0.1) is 0 Å². The molecule has 1 aliphatic carbocycles. The summed E-state index contributed by atoms with van der Waals surface area (Å²) < 4.78 is 0. The van der Waals surface area contributed by atoms with Crippen LogP contribution < -0.4 is 5.73 Å². The molecule has 2 rings (SSSR count). The van der Waals surface area contributed by atoms with E-state index in [9.17, 15) is 0 Å². The Hall–Kier alpha value is -0.730. The molecule has 0 saturated heterocycles. The van der Waals surface area contributed by atoms with Crippen molar-refractivity contribution in [3.63, 3.8) is 0 Å². The normalized spacial score (nSPS) is 17.8. The third-order valence-electron chi connectivity index (χ3n) is 3.53. The van der Waals surface area contributed by atoms with Gasteiger partial charge in [0.05, 0.1) is 0 Å². The molecule has 2 N–H and O–H groups in total. The Bertz CT molecular complexity index is 374. The van der Waals surface area contributed by atoms with Gasteiger partial charge in [0.2, 0.25) is 0 Å². The van der Waals surface area contributed by atoms with Crippen LogP contribution >= 0.6 is 11.6 Å². The number of nitrogen functional groups attached to an aromatic ring is 1. The lowest BCUT2D eigenvalue weighted by molar-refractivity contribution is 0.227. The number of rotatable bonds is 4. The molecule has 0 heterocycles. The van der Waals surface area contributed by atoms with Gasteiger partial charge in [-0.25, -0.2) is 0 Å². The third kappa shape index (κ3) is 2.69. The first-order valence-electron chi connectivity index (χ1n) is 5.82. The fourth-order valence-corrected chi connectivity index (χ4v) is 2.24. The zero-order chi connectivity index (χ0) is 11.7. The van der Waals surface area contributed by atoms with E-state index < -0.39 is 0 Å². The largest absolute Gasteiger partial charge is 0.398 e. The highest BCUT2D eigenvalue weighted by molar-refractivity contribution is 6.30. The Kier molecular flexibility index (Phi) is 3.41. The van der Waals surface area contributed by atoms with Crippen LogP contribution in [0.3, 0.4) is 0 Å². The number of hydrogen-bond donors (Lipinski definition) is 1. The quantitative estimate of drug-likeness (QED) is 0.817. The molecule has 1 aliphatic rings. The minimum atomic E-state index is 0.648.